The highest BCUT2D eigenvalue weighted by atomic mass is 35.5. The topological polar surface area (TPSA) is 55.1 Å². The summed E-state index contributed by atoms with van der Waals surface area (Å²) in [6, 6.07) is 5.02. The number of carbonyl (C=O) groups is 1. The van der Waals surface area contributed by atoms with Crippen LogP contribution < -0.4 is 11.1 Å². The molecule has 0 aliphatic heterocycles. The molecule has 2 atom stereocenters. The van der Waals surface area contributed by atoms with E-state index >= 15 is 0 Å². The van der Waals surface area contributed by atoms with E-state index < -0.39 is 6.04 Å². The highest BCUT2D eigenvalue weighted by molar-refractivity contribution is 6.34. The van der Waals surface area contributed by atoms with Crippen LogP contribution in [-0.4, -0.2) is 11.9 Å². The first-order valence-electron chi connectivity index (χ1n) is 5.79. The number of aryl methyl sites for hydroxylation is 1. The van der Waals surface area contributed by atoms with Gasteiger partial charge < -0.3 is 11.1 Å². The van der Waals surface area contributed by atoms with Crippen molar-refractivity contribution < 1.29 is 4.79 Å². The number of hydrogen-bond acceptors (Lipinski definition) is 2. The third-order valence-corrected chi connectivity index (χ3v) is 3.51. The van der Waals surface area contributed by atoms with Gasteiger partial charge in [0.25, 0.3) is 0 Å². The van der Waals surface area contributed by atoms with Crippen molar-refractivity contribution in [2.24, 2.45) is 11.7 Å². The molecule has 0 spiro atoms. The number of amides is 1. The lowest BCUT2D eigenvalue weighted by Crippen LogP contribution is -2.40. The van der Waals surface area contributed by atoms with Crippen LogP contribution in [0.4, 0.5) is 5.69 Å². The molecule has 0 aromatic heterocycles. The Balaban J connectivity index is 2.78. The second-order valence-corrected chi connectivity index (χ2v) is 4.71. The fraction of sp³-hybridized carbons (Fsp3) is 0.462. The maximum absolute atomic E-state index is 11.9. The van der Waals surface area contributed by atoms with Crippen LogP contribution in [-0.2, 0) is 4.79 Å². The molecule has 0 heterocycles. The monoisotopic (exact) mass is 254 g/mol. The van der Waals surface area contributed by atoms with Crippen molar-refractivity contribution in [1.82, 2.24) is 0 Å². The van der Waals surface area contributed by atoms with E-state index in [4.69, 9.17) is 17.3 Å². The van der Waals surface area contributed by atoms with Crippen molar-refractivity contribution in [1.29, 1.82) is 0 Å². The molecule has 1 aromatic carbocycles. The Hall–Kier alpha value is -1.06. The number of nitrogens with two attached hydrogens (primary N) is 1. The van der Waals surface area contributed by atoms with Gasteiger partial charge in [0.05, 0.1) is 16.8 Å². The van der Waals surface area contributed by atoms with Crippen LogP contribution in [0.25, 0.3) is 0 Å². The molecule has 1 amide bonds. The van der Waals surface area contributed by atoms with E-state index in [9.17, 15) is 4.79 Å². The minimum absolute atomic E-state index is 0.151. The molecule has 4 heteroatoms. The molecule has 0 aliphatic rings. The minimum Gasteiger partial charge on any atom is -0.323 e. The third-order valence-electron chi connectivity index (χ3n) is 3.01. The highest BCUT2D eigenvalue weighted by Gasteiger charge is 2.20. The first kappa shape index (κ1) is 14.0. The van der Waals surface area contributed by atoms with Gasteiger partial charge in [-0.3, -0.25) is 4.79 Å². The smallest absolute Gasteiger partial charge is 0.241 e. The summed E-state index contributed by atoms with van der Waals surface area (Å²) >= 11 is 6.10. The van der Waals surface area contributed by atoms with Gasteiger partial charge in [0.15, 0.2) is 0 Å². The number of carbonyl (C=O) groups excluding carboxylic acids is 1. The zero-order valence-corrected chi connectivity index (χ0v) is 11.2. The first-order valence-corrected chi connectivity index (χ1v) is 6.16. The number of nitrogens with one attached hydrogen (secondary N) is 1. The van der Waals surface area contributed by atoms with Crippen molar-refractivity contribution in [2.45, 2.75) is 33.2 Å². The van der Waals surface area contributed by atoms with Gasteiger partial charge in [-0.2, -0.15) is 0 Å². The van der Waals surface area contributed by atoms with E-state index in [-0.39, 0.29) is 11.8 Å². The molecule has 0 aliphatic carbocycles. The van der Waals surface area contributed by atoms with Gasteiger partial charge in [-0.1, -0.05) is 44.0 Å². The second kappa shape index (κ2) is 6.03. The normalized spacial score (nSPS) is 14.2. The van der Waals surface area contributed by atoms with E-state index in [1.54, 1.807) is 6.07 Å². The predicted molar refractivity (Wildman–Crippen MR) is 72.2 cm³/mol. The summed E-state index contributed by atoms with van der Waals surface area (Å²) in [6.07, 6.45) is 0.871. The van der Waals surface area contributed by atoms with Gasteiger partial charge in [0, 0.05) is 0 Å². The molecule has 1 rings (SSSR count). The summed E-state index contributed by atoms with van der Waals surface area (Å²) in [7, 11) is 0. The largest absolute Gasteiger partial charge is 0.323 e. The minimum atomic E-state index is -0.503. The number of rotatable bonds is 4. The molecule has 17 heavy (non-hydrogen) atoms. The maximum atomic E-state index is 11.9. The predicted octanol–water partition coefficient (Wildman–Crippen LogP) is 2.96. The fourth-order valence-corrected chi connectivity index (χ4v) is 1.65. The number of anilines is 1. The van der Waals surface area contributed by atoms with Gasteiger partial charge in [0.1, 0.15) is 0 Å². The van der Waals surface area contributed by atoms with Gasteiger partial charge in [0.2, 0.25) is 5.91 Å². The number of hydrogen-bond donors (Lipinski definition) is 2. The Kier molecular flexibility index (Phi) is 4.97. The third kappa shape index (κ3) is 3.45. The maximum Gasteiger partial charge on any atom is 0.241 e. The lowest BCUT2D eigenvalue weighted by Gasteiger charge is -2.18. The zero-order chi connectivity index (χ0) is 13.0. The van der Waals surface area contributed by atoms with Gasteiger partial charge in [-0.25, -0.2) is 0 Å². The molecule has 0 radical (unpaired) electrons. The van der Waals surface area contributed by atoms with Crippen molar-refractivity contribution in [3.8, 4) is 0 Å². The summed E-state index contributed by atoms with van der Waals surface area (Å²) in [5.41, 5.74) is 7.40. The summed E-state index contributed by atoms with van der Waals surface area (Å²) in [5, 5.41) is 3.34. The standard InChI is InChI=1S/C13H19ClN2O/c1-4-8(2)12(15)13(17)16-10-7-5-6-9(3)11(10)14/h5-8,12H,4,15H2,1-3H3,(H,16,17). The van der Waals surface area contributed by atoms with E-state index in [0.717, 1.165) is 12.0 Å². The van der Waals surface area contributed by atoms with Crippen molar-refractivity contribution in [2.75, 3.05) is 5.32 Å². The van der Waals surface area contributed by atoms with Crippen LogP contribution in [0.3, 0.4) is 0 Å². The Morgan fingerprint density at radius 1 is 1.53 bits per heavy atom. The lowest BCUT2D eigenvalue weighted by atomic mass is 9.99. The van der Waals surface area contributed by atoms with Crippen molar-refractivity contribution in [3.63, 3.8) is 0 Å². The van der Waals surface area contributed by atoms with E-state index in [2.05, 4.69) is 5.32 Å². The molecule has 0 bridgehead atoms. The Morgan fingerprint density at radius 2 is 2.18 bits per heavy atom. The Labute approximate surface area is 107 Å². The van der Waals surface area contributed by atoms with Crippen LogP contribution in [0, 0.1) is 12.8 Å². The average molecular weight is 255 g/mol. The summed E-state index contributed by atoms with van der Waals surface area (Å²) in [4.78, 5) is 11.9. The van der Waals surface area contributed by atoms with Gasteiger partial charge in [-0.15, -0.1) is 0 Å². The van der Waals surface area contributed by atoms with Crippen LogP contribution in [0.15, 0.2) is 18.2 Å². The molecule has 0 saturated carbocycles. The SMILES string of the molecule is CCC(C)C(N)C(=O)Nc1cccc(C)c1Cl. The molecule has 2 unspecified atom stereocenters. The van der Waals surface area contributed by atoms with Crippen molar-refractivity contribution in [3.05, 3.63) is 28.8 Å². The quantitative estimate of drug-likeness (QED) is 0.868. The van der Waals surface area contributed by atoms with Crippen LogP contribution in [0.5, 0.6) is 0 Å². The molecular formula is C13H19ClN2O. The van der Waals surface area contributed by atoms with Crippen molar-refractivity contribution >= 4 is 23.2 Å². The van der Waals surface area contributed by atoms with E-state index in [1.165, 1.54) is 0 Å². The molecule has 3 N–H and O–H groups in total. The molecule has 3 nitrogen and oxygen atoms in total. The molecule has 94 valence electrons. The lowest BCUT2D eigenvalue weighted by molar-refractivity contribution is -0.118. The second-order valence-electron chi connectivity index (χ2n) is 4.34. The first-order chi connectivity index (χ1) is 7.97. The van der Waals surface area contributed by atoms with Crippen LogP contribution in [0.1, 0.15) is 25.8 Å². The Bertz CT molecular complexity index is 406. The summed E-state index contributed by atoms with van der Waals surface area (Å²) in [5.74, 6) is -0.0366. The van der Waals surface area contributed by atoms with E-state index in [0.29, 0.717) is 10.7 Å². The van der Waals surface area contributed by atoms with Gasteiger partial charge >= 0.3 is 0 Å². The average Bonchev–Trinajstić information content (AvgIpc) is 2.32. The molecule has 0 saturated heterocycles. The molecular weight excluding hydrogens is 236 g/mol. The van der Waals surface area contributed by atoms with Gasteiger partial charge in [-0.05, 0) is 24.5 Å². The Morgan fingerprint density at radius 3 is 2.76 bits per heavy atom. The van der Waals surface area contributed by atoms with E-state index in [1.807, 2.05) is 32.9 Å². The van der Waals surface area contributed by atoms with Crippen LogP contribution >= 0.6 is 11.6 Å². The number of halogens is 1. The fourth-order valence-electron chi connectivity index (χ4n) is 1.47. The number of benzene rings is 1. The summed E-state index contributed by atoms with van der Waals surface area (Å²) in [6.45, 7) is 5.87. The molecule has 1 aromatic rings. The highest BCUT2D eigenvalue weighted by Crippen LogP contribution is 2.25. The zero-order valence-electron chi connectivity index (χ0n) is 10.5. The summed E-state index contributed by atoms with van der Waals surface area (Å²) < 4.78 is 0. The molecule has 0 fully saturated rings. The van der Waals surface area contributed by atoms with Crippen LogP contribution in [0.2, 0.25) is 5.02 Å².